The Hall–Kier alpha value is -2.24. The van der Waals surface area contributed by atoms with E-state index in [0.717, 1.165) is 0 Å². The summed E-state index contributed by atoms with van der Waals surface area (Å²) in [7, 11) is 0. The van der Waals surface area contributed by atoms with E-state index in [4.69, 9.17) is 0 Å². The first-order valence-electron chi connectivity index (χ1n) is 5.48. The van der Waals surface area contributed by atoms with Crippen LogP contribution >= 0.6 is 0 Å². The molecule has 6 heteroatoms. The third kappa shape index (κ3) is 2.07. The van der Waals surface area contributed by atoms with Gasteiger partial charge in [-0.05, 0) is 12.5 Å². The van der Waals surface area contributed by atoms with Crippen LogP contribution in [0, 0.1) is 36.0 Å². The van der Waals surface area contributed by atoms with Crippen LogP contribution < -0.4 is 0 Å². The number of halogens is 5. The summed E-state index contributed by atoms with van der Waals surface area (Å²) in [6.45, 7) is 1.49. The van der Waals surface area contributed by atoms with E-state index in [1.54, 1.807) is 6.07 Å². The molecule has 0 radical (unpaired) electrons. The molecule has 2 rings (SSSR count). The molecule has 0 unspecified atom stereocenters. The summed E-state index contributed by atoms with van der Waals surface area (Å²) >= 11 is 0. The van der Waals surface area contributed by atoms with Crippen molar-refractivity contribution < 1.29 is 26.7 Å². The van der Waals surface area contributed by atoms with Gasteiger partial charge in [-0.1, -0.05) is 24.3 Å². The summed E-state index contributed by atoms with van der Waals surface area (Å²) < 4.78 is 66.1. The smallest absolute Gasteiger partial charge is 0.200 e. The number of rotatable bonds is 2. The van der Waals surface area contributed by atoms with Crippen LogP contribution in [-0.4, -0.2) is 5.78 Å². The minimum absolute atomic E-state index is 0.129. The zero-order chi connectivity index (χ0) is 15.0. The van der Waals surface area contributed by atoms with E-state index in [9.17, 15) is 26.7 Å². The maximum atomic E-state index is 13.5. The Bertz CT molecular complexity index is 680. The molecular weight excluding hydrogens is 279 g/mol. The number of hydrogen-bond acceptors (Lipinski definition) is 1. The van der Waals surface area contributed by atoms with Crippen LogP contribution in [0.4, 0.5) is 22.0 Å². The summed E-state index contributed by atoms with van der Waals surface area (Å²) in [5, 5.41) is 0. The minimum atomic E-state index is -2.29. The topological polar surface area (TPSA) is 17.1 Å². The van der Waals surface area contributed by atoms with E-state index in [1.165, 1.54) is 25.1 Å². The Balaban J connectivity index is 2.71. The van der Waals surface area contributed by atoms with Gasteiger partial charge in [0.25, 0.3) is 0 Å². The van der Waals surface area contributed by atoms with Gasteiger partial charge in [0, 0.05) is 5.56 Å². The molecule has 0 fully saturated rings. The van der Waals surface area contributed by atoms with Gasteiger partial charge in [0.05, 0.1) is 0 Å². The van der Waals surface area contributed by atoms with Gasteiger partial charge in [0.15, 0.2) is 29.1 Å². The second-order valence-electron chi connectivity index (χ2n) is 4.09. The van der Waals surface area contributed by atoms with Crippen LogP contribution in [0.25, 0.3) is 0 Å². The normalized spacial score (nSPS) is 10.7. The van der Waals surface area contributed by atoms with Crippen molar-refractivity contribution in [2.24, 2.45) is 0 Å². The maximum absolute atomic E-state index is 13.5. The minimum Gasteiger partial charge on any atom is -0.288 e. The molecule has 0 aromatic heterocycles. The number of hydrogen-bond donors (Lipinski definition) is 0. The van der Waals surface area contributed by atoms with Crippen molar-refractivity contribution in [2.45, 2.75) is 6.92 Å². The lowest BCUT2D eigenvalue weighted by atomic mass is 9.98. The standard InChI is InChI=1S/C14H7F5O/c1-6-4-2-3-5-7(6)14(20)8-9(15)11(17)13(19)12(18)10(8)16/h2-5H,1H3. The van der Waals surface area contributed by atoms with Crippen LogP contribution in [0.5, 0.6) is 0 Å². The van der Waals surface area contributed by atoms with Crippen LogP contribution in [-0.2, 0) is 0 Å². The molecule has 0 spiro atoms. The quantitative estimate of drug-likeness (QED) is 0.354. The Morgan fingerprint density at radius 3 is 1.75 bits per heavy atom. The predicted molar refractivity (Wildman–Crippen MR) is 60.8 cm³/mol. The molecule has 0 heterocycles. The van der Waals surface area contributed by atoms with Crippen LogP contribution in [0.15, 0.2) is 24.3 Å². The zero-order valence-electron chi connectivity index (χ0n) is 10.1. The molecule has 0 aliphatic carbocycles. The number of aryl methyl sites for hydroxylation is 1. The molecule has 0 aliphatic heterocycles. The molecule has 2 aromatic carbocycles. The predicted octanol–water partition coefficient (Wildman–Crippen LogP) is 3.92. The third-order valence-electron chi connectivity index (χ3n) is 2.83. The van der Waals surface area contributed by atoms with Gasteiger partial charge in [0.1, 0.15) is 5.56 Å². The Labute approximate surface area is 110 Å². The lowest BCUT2D eigenvalue weighted by Gasteiger charge is -2.09. The molecule has 1 nitrogen and oxygen atoms in total. The largest absolute Gasteiger partial charge is 0.288 e. The molecule has 0 saturated heterocycles. The van der Waals surface area contributed by atoms with Crippen molar-refractivity contribution >= 4 is 5.78 Å². The first-order valence-corrected chi connectivity index (χ1v) is 5.48. The van der Waals surface area contributed by atoms with Crippen molar-refractivity contribution in [3.8, 4) is 0 Å². The van der Waals surface area contributed by atoms with Crippen LogP contribution in [0.1, 0.15) is 21.5 Å². The van der Waals surface area contributed by atoms with Gasteiger partial charge in [-0.15, -0.1) is 0 Å². The van der Waals surface area contributed by atoms with E-state index < -0.39 is 40.4 Å². The fraction of sp³-hybridized carbons (Fsp3) is 0.0714. The number of carbonyl (C=O) groups is 1. The van der Waals surface area contributed by atoms with Crippen LogP contribution in [0.2, 0.25) is 0 Å². The van der Waals surface area contributed by atoms with Crippen molar-refractivity contribution in [2.75, 3.05) is 0 Å². The lowest BCUT2D eigenvalue weighted by Crippen LogP contribution is -2.14. The molecule has 20 heavy (non-hydrogen) atoms. The highest BCUT2D eigenvalue weighted by molar-refractivity contribution is 6.10. The van der Waals surface area contributed by atoms with Gasteiger partial charge < -0.3 is 0 Å². The molecule has 0 saturated carbocycles. The highest BCUT2D eigenvalue weighted by Crippen LogP contribution is 2.25. The second-order valence-corrected chi connectivity index (χ2v) is 4.09. The molecule has 0 N–H and O–H groups in total. The third-order valence-corrected chi connectivity index (χ3v) is 2.83. The van der Waals surface area contributed by atoms with Crippen molar-refractivity contribution in [1.29, 1.82) is 0 Å². The van der Waals surface area contributed by atoms with E-state index in [-0.39, 0.29) is 5.56 Å². The molecule has 0 atom stereocenters. The molecular formula is C14H7F5O. The molecule has 0 amide bonds. The molecule has 0 bridgehead atoms. The monoisotopic (exact) mass is 286 g/mol. The maximum Gasteiger partial charge on any atom is 0.200 e. The SMILES string of the molecule is Cc1ccccc1C(=O)c1c(F)c(F)c(F)c(F)c1F. The molecule has 2 aromatic rings. The van der Waals surface area contributed by atoms with Crippen molar-refractivity contribution in [3.05, 3.63) is 70.0 Å². The highest BCUT2D eigenvalue weighted by atomic mass is 19.2. The summed E-state index contributed by atoms with van der Waals surface area (Å²) in [6.07, 6.45) is 0. The van der Waals surface area contributed by atoms with Gasteiger partial charge >= 0.3 is 0 Å². The second kappa shape index (κ2) is 5.03. The Morgan fingerprint density at radius 1 is 0.800 bits per heavy atom. The van der Waals surface area contributed by atoms with Crippen LogP contribution in [0.3, 0.4) is 0 Å². The summed E-state index contributed by atoms with van der Waals surface area (Å²) in [4.78, 5) is 12.0. The summed E-state index contributed by atoms with van der Waals surface area (Å²) in [5.74, 6) is -12.1. The van der Waals surface area contributed by atoms with Crippen molar-refractivity contribution in [1.82, 2.24) is 0 Å². The fourth-order valence-corrected chi connectivity index (χ4v) is 1.77. The summed E-state index contributed by atoms with van der Waals surface area (Å²) in [6, 6.07) is 5.73. The van der Waals surface area contributed by atoms with E-state index in [0.29, 0.717) is 5.56 Å². The molecule has 104 valence electrons. The van der Waals surface area contributed by atoms with E-state index in [1.807, 2.05) is 0 Å². The van der Waals surface area contributed by atoms with E-state index in [2.05, 4.69) is 0 Å². The lowest BCUT2D eigenvalue weighted by molar-refractivity contribution is 0.102. The van der Waals surface area contributed by atoms with Crippen molar-refractivity contribution in [3.63, 3.8) is 0 Å². The van der Waals surface area contributed by atoms with Gasteiger partial charge in [-0.3, -0.25) is 4.79 Å². The van der Waals surface area contributed by atoms with Gasteiger partial charge in [0.2, 0.25) is 5.82 Å². The summed E-state index contributed by atoms with van der Waals surface area (Å²) in [5.41, 5.74) is -1.21. The van der Waals surface area contributed by atoms with E-state index >= 15 is 0 Å². The Kier molecular flexibility index (Phi) is 3.57. The number of benzene rings is 2. The number of carbonyl (C=O) groups excluding carboxylic acids is 1. The number of ketones is 1. The first-order chi connectivity index (χ1) is 9.36. The average molecular weight is 286 g/mol. The van der Waals surface area contributed by atoms with Gasteiger partial charge in [-0.25, -0.2) is 22.0 Å². The fourth-order valence-electron chi connectivity index (χ4n) is 1.77. The Morgan fingerprint density at radius 2 is 1.25 bits per heavy atom. The molecule has 0 aliphatic rings. The van der Waals surface area contributed by atoms with Gasteiger partial charge in [-0.2, -0.15) is 0 Å². The highest BCUT2D eigenvalue weighted by Gasteiger charge is 2.30. The average Bonchev–Trinajstić information content (AvgIpc) is 2.43. The first kappa shape index (κ1) is 14.2. The zero-order valence-corrected chi connectivity index (χ0v) is 10.1.